The molecule has 0 fully saturated rings. The predicted molar refractivity (Wildman–Crippen MR) is 136 cm³/mol. The maximum atomic E-state index is 13.3. The Balaban J connectivity index is 1.65. The molecule has 1 atom stereocenters. The van der Waals surface area contributed by atoms with Crippen molar-refractivity contribution in [2.45, 2.75) is 17.4 Å². The number of benzene rings is 3. The van der Waals surface area contributed by atoms with Gasteiger partial charge in [0.05, 0.1) is 20.3 Å². The molecule has 0 radical (unpaired) electrons. The molecule has 0 aliphatic carbocycles. The van der Waals surface area contributed by atoms with Crippen molar-refractivity contribution in [1.82, 2.24) is 4.72 Å². The average molecular weight is 482 g/mol. The Kier molecular flexibility index (Phi) is 7.00. The molecule has 4 rings (SSSR count). The Morgan fingerprint density at radius 2 is 1.74 bits per heavy atom. The maximum Gasteiger partial charge on any atom is 0.244 e. The SMILES string of the molecule is COc1ccc(S(=O)(=O)NCC(c2ccc(N(C)C)cc2)N2CCc3ccccc32)c(OC)c1. The zero-order valence-electron chi connectivity index (χ0n) is 20.0. The van der Waals surface area contributed by atoms with Crippen molar-refractivity contribution < 1.29 is 17.9 Å². The number of fused-ring (bicyclic) bond motifs is 1. The van der Waals surface area contributed by atoms with Crippen LogP contribution in [0, 0.1) is 0 Å². The van der Waals surface area contributed by atoms with E-state index in [4.69, 9.17) is 9.47 Å². The Labute approximate surface area is 202 Å². The standard InChI is InChI=1S/C26H31N3O4S/c1-28(2)21-11-9-20(10-12-21)24(29-16-15-19-7-5-6-8-23(19)29)18-27-34(30,31)26-14-13-22(32-3)17-25(26)33-4/h5-14,17,24,27H,15-16,18H2,1-4H3. The number of hydrogen-bond donors (Lipinski definition) is 1. The third-order valence-electron chi connectivity index (χ3n) is 6.22. The summed E-state index contributed by atoms with van der Waals surface area (Å²) in [4.78, 5) is 4.41. The zero-order valence-corrected chi connectivity index (χ0v) is 20.8. The van der Waals surface area contributed by atoms with Gasteiger partial charge in [0.25, 0.3) is 0 Å². The molecule has 8 heteroatoms. The Morgan fingerprint density at radius 3 is 2.41 bits per heavy atom. The molecule has 0 bridgehead atoms. The lowest BCUT2D eigenvalue weighted by molar-refractivity contribution is 0.386. The summed E-state index contributed by atoms with van der Waals surface area (Å²) in [6.45, 7) is 1.04. The third kappa shape index (κ3) is 4.83. The minimum absolute atomic E-state index is 0.0827. The molecule has 1 aliphatic heterocycles. The highest BCUT2D eigenvalue weighted by Crippen LogP contribution is 2.36. The molecule has 1 unspecified atom stereocenters. The van der Waals surface area contributed by atoms with Gasteiger partial charge in [-0.2, -0.15) is 0 Å². The number of ether oxygens (including phenoxy) is 2. The van der Waals surface area contributed by atoms with Crippen LogP contribution in [0.2, 0.25) is 0 Å². The Bertz CT molecular complexity index is 1240. The number of sulfonamides is 1. The molecule has 1 heterocycles. The van der Waals surface area contributed by atoms with Gasteiger partial charge in [0.2, 0.25) is 10.0 Å². The van der Waals surface area contributed by atoms with Gasteiger partial charge >= 0.3 is 0 Å². The minimum atomic E-state index is -3.83. The van der Waals surface area contributed by atoms with Crippen LogP contribution in [0.1, 0.15) is 17.2 Å². The molecule has 34 heavy (non-hydrogen) atoms. The number of para-hydroxylation sites is 1. The van der Waals surface area contributed by atoms with Crippen molar-refractivity contribution in [3.05, 3.63) is 77.9 Å². The number of anilines is 2. The van der Waals surface area contributed by atoms with Crippen molar-refractivity contribution >= 4 is 21.4 Å². The van der Waals surface area contributed by atoms with E-state index in [1.807, 2.05) is 31.1 Å². The van der Waals surface area contributed by atoms with Gasteiger partial charge in [0.1, 0.15) is 16.4 Å². The van der Waals surface area contributed by atoms with E-state index in [0.717, 1.165) is 29.9 Å². The summed E-state index contributed by atoms with van der Waals surface area (Å²) < 4.78 is 40.0. The lowest BCUT2D eigenvalue weighted by Crippen LogP contribution is -2.37. The van der Waals surface area contributed by atoms with E-state index in [9.17, 15) is 8.42 Å². The van der Waals surface area contributed by atoms with E-state index < -0.39 is 10.0 Å². The first-order valence-corrected chi connectivity index (χ1v) is 12.7. The first-order chi connectivity index (χ1) is 16.3. The highest BCUT2D eigenvalue weighted by atomic mass is 32.2. The lowest BCUT2D eigenvalue weighted by Gasteiger charge is -2.31. The lowest BCUT2D eigenvalue weighted by atomic mass is 10.0. The minimum Gasteiger partial charge on any atom is -0.497 e. The summed E-state index contributed by atoms with van der Waals surface area (Å²) >= 11 is 0. The summed E-state index contributed by atoms with van der Waals surface area (Å²) in [5, 5.41) is 0. The van der Waals surface area contributed by atoms with Crippen LogP contribution in [-0.2, 0) is 16.4 Å². The number of nitrogens with zero attached hydrogens (tertiary/aromatic N) is 2. The highest BCUT2D eigenvalue weighted by molar-refractivity contribution is 7.89. The molecule has 0 amide bonds. The van der Waals surface area contributed by atoms with Crippen molar-refractivity contribution in [3.8, 4) is 11.5 Å². The van der Waals surface area contributed by atoms with Crippen molar-refractivity contribution in [1.29, 1.82) is 0 Å². The second-order valence-electron chi connectivity index (χ2n) is 8.44. The van der Waals surface area contributed by atoms with Gasteiger partial charge in [-0.15, -0.1) is 0 Å². The van der Waals surface area contributed by atoms with Crippen molar-refractivity contribution in [2.24, 2.45) is 0 Å². The van der Waals surface area contributed by atoms with E-state index in [1.165, 1.54) is 25.8 Å². The average Bonchev–Trinajstić information content (AvgIpc) is 3.28. The second kappa shape index (κ2) is 9.95. The van der Waals surface area contributed by atoms with E-state index >= 15 is 0 Å². The third-order valence-corrected chi connectivity index (χ3v) is 7.68. The van der Waals surface area contributed by atoms with Gasteiger partial charge in [-0.25, -0.2) is 13.1 Å². The van der Waals surface area contributed by atoms with Crippen LogP contribution >= 0.6 is 0 Å². The van der Waals surface area contributed by atoms with Crippen LogP contribution in [0.15, 0.2) is 71.6 Å². The van der Waals surface area contributed by atoms with Crippen LogP contribution in [0.3, 0.4) is 0 Å². The van der Waals surface area contributed by atoms with Gasteiger partial charge in [0.15, 0.2) is 0 Å². The topological polar surface area (TPSA) is 71.1 Å². The van der Waals surface area contributed by atoms with Crippen LogP contribution in [0.25, 0.3) is 0 Å². The zero-order chi connectivity index (χ0) is 24.3. The Hall–Kier alpha value is -3.23. The number of nitrogens with one attached hydrogen (secondary N) is 1. The normalized spacial score (nSPS) is 13.9. The summed E-state index contributed by atoms with van der Waals surface area (Å²) in [5.74, 6) is 0.772. The van der Waals surface area contributed by atoms with Crippen molar-refractivity contribution in [3.63, 3.8) is 0 Å². The molecule has 0 spiro atoms. The monoisotopic (exact) mass is 481 g/mol. The molecule has 1 N–H and O–H groups in total. The summed E-state index contributed by atoms with van der Waals surface area (Å²) in [6.07, 6.45) is 0.932. The number of methoxy groups -OCH3 is 2. The van der Waals surface area contributed by atoms with Crippen molar-refractivity contribution in [2.75, 3.05) is 51.2 Å². The first kappa shape index (κ1) is 23.9. The fourth-order valence-corrected chi connectivity index (χ4v) is 5.54. The van der Waals surface area contributed by atoms with Gasteiger partial charge in [0, 0.05) is 44.6 Å². The molecule has 3 aromatic carbocycles. The largest absolute Gasteiger partial charge is 0.497 e. The predicted octanol–water partition coefficient (Wildman–Crippen LogP) is 3.85. The smallest absolute Gasteiger partial charge is 0.244 e. The molecule has 0 aromatic heterocycles. The van der Waals surface area contributed by atoms with Crippen LogP contribution in [0.5, 0.6) is 11.5 Å². The van der Waals surface area contributed by atoms with Gasteiger partial charge in [-0.1, -0.05) is 30.3 Å². The summed E-state index contributed by atoms with van der Waals surface area (Å²) in [5.41, 5.74) is 4.56. The van der Waals surface area contributed by atoms with Gasteiger partial charge in [-0.3, -0.25) is 0 Å². The van der Waals surface area contributed by atoms with Crippen LogP contribution in [-0.4, -0.2) is 49.8 Å². The van der Waals surface area contributed by atoms with E-state index in [2.05, 4.69) is 46.0 Å². The molecule has 180 valence electrons. The summed E-state index contributed by atoms with van der Waals surface area (Å²) in [7, 11) is 3.15. The van der Waals surface area contributed by atoms with Gasteiger partial charge in [-0.05, 0) is 47.9 Å². The van der Waals surface area contributed by atoms with E-state index in [0.29, 0.717) is 5.75 Å². The molecule has 0 saturated carbocycles. The number of rotatable bonds is 9. The van der Waals surface area contributed by atoms with Gasteiger partial charge < -0.3 is 19.3 Å². The van der Waals surface area contributed by atoms with E-state index in [-0.39, 0.29) is 23.2 Å². The quantitative estimate of drug-likeness (QED) is 0.501. The summed E-state index contributed by atoms with van der Waals surface area (Å²) in [6, 6.07) is 21.1. The molecule has 7 nitrogen and oxygen atoms in total. The second-order valence-corrected chi connectivity index (χ2v) is 10.2. The Morgan fingerprint density at radius 1 is 1.00 bits per heavy atom. The fourth-order valence-electron chi connectivity index (χ4n) is 4.35. The van der Waals surface area contributed by atoms with E-state index in [1.54, 1.807) is 12.1 Å². The molecule has 3 aromatic rings. The molecule has 0 saturated heterocycles. The maximum absolute atomic E-state index is 13.3. The molecular formula is C26H31N3O4S. The molecule has 1 aliphatic rings. The first-order valence-electron chi connectivity index (χ1n) is 11.2. The van der Waals surface area contributed by atoms with Crippen LogP contribution in [0.4, 0.5) is 11.4 Å². The number of hydrogen-bond acceptors (Lipinski definition) is 6. The molecular weight excluding hydrogens is 450 g/mol. The highest BCUT2D eigenvalue weighted by Gasteiger charge is 2.29. The van der Waals surface area contributed by atoms with Crippen LogP contribution < -0.4 is 24.0 Å². The fraction of sp³-hybridized carbons (Fsp3) is 0.308.